The maximum atomic E-state index is 12.4. The summed E-state index contributed by atoms with van der Waals surface area (Å²) in [6, 6.07) is 10.5. The molecule has 0 unspecified atom stereocenters. The number of rotatable bonds is 10. The maximum absolute atomic E-state index is 12.4. The van der Waals surface area contributed by atoms with Crippen molar-refractivity contribution in [2.45, 2.75) is 17.7 Å². The summed E-state index contributed by atoms with van der Waals surface area (Å²) in [5, 5.41) is 4.59. The first-order valence-electron chi connectivity index (χ1n) is 10.3. The summed E-state index contributed by atoms with van der Waals surface area (Å²) in [7, 11) is -7.38. The molecule has 186 valence electrons. The fourth-order valence-electron chi connectivity index (χ4n) is 3.30. The quantitative estimate of drug-likeness (QED) is 0.401. The van der Waals surface area contributed by atoms with E-state index in [1.165, 1.54) is 34.8 Å². The number of aromatic nitrogens is 1. The first-order valence-corrected chi connectivity index (χ1v) is 14.5. The molecule has 1 aromatic heterocycles. The molecule has 0 saturated carbocycles. The van der Waals surface area contributed by atoms with Crippen LogP contribution in [0.1, 0.15) is 12.8 Å². The summed E-state index contributed by atoms with van der Waals surface area (Å²) >= 11 is 1.16. The lowest BCUT2D eigenvalue weighted by Crippen LogP contribution is -2.31. The number of amides is 1. The van der Waals surface area contributed by atoms with Gasteiger partial charge in [-0.2, -0.15) is 0 Å². The largest absolute Gasteiger partial charge is 0.454 e. The highest BCUT2D eigenvalue weighted by atomic mass is 32.2. The molecule has 1 aliphatic rings. The third kappa shape index (κ3) is 6.21. The third-order valence-corrected chi connectivity index (χ3v) is 8.28. The summed E-state index contributed by atoms with van der Waals surface area (Å²) in [6.45, 7) is 0.165. The number of nitrogens with zero attached hydrogens (tertiary/aromatic N) is 2. The zero-order valence-electron chi connectivity index (χ0n) is 18.5. The minimum absolute atomic E-state index is 0.0261. The van der Waals surface area contributed by atoms with E-state index < -0.39 is 20.0 Å². The minimum atomic E-state index is -3.79. The van der Waals surface area contributed by atoms with Gasteiger partial charge in [0.1, 0.15) is 0 Å². The van der Waals surface area contributed by atoms with E-state index in [0.717, 1.165) is 17.6 Å². The van der Waals surface area contributed by atoms with E-state index in [2.05, 4.69) is 15.0 Å². The fraction of sp³-hybridized carbons (Fsp3) is 0.238. The number of thiazole rings is 1. The van der Waals surface area contributed by atoms with E-state index in [1.807, 2.05) is 0 Å². The molecule has 14 heteroatoms. The molecule has 0 aliphatic carbocycles. The van der Waals surface area contributed by atoms with Crippen LogP contribution in [0.3, 0.4) is 0 Å². The summed E-state index contributed by atoms with van der Waals surface area (Å²) in [4.78, 5) is 16.3. The van der Waals surface area contributed by atoms with Crippen molar-refractivity contribution < 1.29 is 31.1 Å². The van der Waals surface area contributed by atoms with Crippen LogP contribution in [-0.4, -0.2) is 47.3 Å². The van der Waals surface area contributed by atoms with E-state index in [4.69, 9.17) is 9.47 Å². The van der Waals surface area contributed by atoms with Crippen LogP contribution < -0.4 is 23.8 Å². The van der Waals surface area contributed by atoms with E-state index in [-0.39, 0.29) is 42.1 Å². The number of hydrogen-bond acceptors (Lipinski definition) is 9. The fourth-order valence-corrected chi connectivity index (χ4v) is 6.04. The van der Waals surface area contributed by atoms with Crippen LogP contribution >= 0.6 is 11.3 Å². The summed E-state index contributed by atoms with van der Waals surface area (Å²) in [5.74, 6) is 0.668. The third-order valence-electron chi connectivity index (χ3n) is 4.91. The number of benzene rings is 2. The minimum Gasteiger partial charge on any atom is -0.454 e. The lowest BCUT2D eigenvalue weighted by Gasteiger charge is -2.22. The number of carbonyl (C=O) groups excluding carboxylic acids is 1. The van der Waals surface area contributed by atoms with Gasteiger partial charge in [-0.05, 0) is 42.8 Å². The van der Waals surface area contributed by atoms with Gasteiger partial charge in [0.25, 0.3) is 10.0 Å². The Labute approximate surface area is 206 Å². The van der Waals surface area contributed by atoms with Gasteiger partial charge in [-0.15, -0.1) is 11.3 Å². The molecule has 0 radical (unpaired) electrons. The zero-order valence-corrected chi connectivity index (χ0v) is 21.0. The Balaban J connectivity index is 1.32. The predicted octanol–water partition coefficient (Wildman–Crippen LogP) is 2.86. The Bertz CT molecular complexity index is 1410. The zero-order chi connectivity index (χ0) is 25.1. The molecule has 1 amide bonds. The Hall–Kier alpha value is -3.36. The summed E-state index contributed by atoms with van der Waals surface area (Å²) in [5.41, 5.74) is 0.833. The maximum Gasteiger partial charge on any atom is 0.263 e. The average Bonchev–Trinajstić information content (AvgIpc) is 3.47. The Kier molecular flexibility index (Phi) is 7.14. The highest BCUT2D eigenvalue weighted by Crippen LogP contribution is 2.36. The molecule has 2 aromatic carbocycles. The summed E-state index contributed by atoms with van der Waals surface area (Å²) < 4.78 is 63.6. The second-order valence-corrected chi connectivity index (χ2v) is 12.0. The van der Waals surface area contributed by atoms with Crippen LogP contribution in [0.15, 0.2) is 58.9 Å². The number of hydrogen-bond donors (Lipinski definition) is 2. The number of nitrogens with one attached hydrogen (secondary N) is 2. The molecule has 0 atom stereocenters. The van der Waals surface area contributed by atoms with Crippen LogP contribution in [0.25, 0.3) is 0 Å². The van der Waals surface area contributed by atoms with Gasteiger partial charge in [0, 0.05) is 36.3 Å². The first-order chi connectivity index (χ1) is 16.6. The molecular formula is C21H22N4O7S3. The van der Waals surface area contributed by atoms with Crippen molar-refractivity contribution in [3.63, 3.8) is 0 Å². The normalized spacial score (nSPS) is 12.8. The van der Waals surface area contributed by atoms with Crippen LogP contribution in [0.2, 0.25) is 0 Å². The van der Waals surface area contributed by atoms with Crippen LogP contribution in [0.4, 0.5) is 16.5 Å². The van der Waals surface area contributed by atoms with Gasteiger partial charge in [-0.25, -0.2) is 21.8 Å². The molecule has 35 heavy (non-hydrogen) atoms. The van der Waals surface area contributed by atoms with Crippen molar-refractivity contribution in [1.29, 1.82) is 0 Å². The van der Waals surface area contributed by atoms with Gasteiger partial charge < -0.3 is 14.8 Å². The Morgan fingerprint density at radius 2 is 1.83 bits per heavy atom. The van der Waals surface area contributed by atoms with Gasteiger partial charge in [0.2, 0.25) is 22.7 Å². The van der Waals surface area contributed by atoms with Crippen molar-refractivity contribution in [3.05, 3.63) is 54.0 Å². The molecule has 4 rings (SSSR count). The molecule has 1 aliphatic heterocycles. The topological polar surface area (TPSA) is 144 Å². The second-order valence-electron chi connectivity index (χ2n) is 7.49. The summed E-state index contributed by atoms with van der Waals surface area (Å²) in [6.07, 6.45) is 2.90. The number of anilines is 3. The molecule has 0 saturated heterocycles. The highest BCUT2D eigenvalue weighted by Gasteiger charge is 2.22. The molecule has 0 bridgehead atoms. The average molecular weight is 539 g/mol. The van der Waals surface area contributed by atoms with Gasteiger partial charge in [0.15, 0.2) is 16.6 Å². The van der Waals surface area contributed by atoms with Gasteiger partial charge in [-0.1, -0.05) is 0 Å². The smallest absolute Gasteiger partial charge is 0.263 e. The molecule has 2 N–H and O–H groups in total. The SMILES string of the molecule is CS(=O)(=O)N(CCCC(=O)Nc1ccc(S(=O)(=O)Nc2nccs2)cc1)c1ccc2c(c1)OCO2. The van der Waals surface area contributed by atoms with Crippen LogP contribution in [-0.2, 0) is 24.8 Å². The molecule has 11 nitrogen and oxygen atoms in total. The predicted molar refractivity (Wildman–Crippen MR) is 132 cm³/mol. The van der Waals surface area contributed by atoms with Crippen LogP contribution in [0, 0.1) is 0 Å². The van der Waals surface area contributed by atoms with E-state index in [9.17, 15) is 21.6 Å². The Morgan fingerprint density at radius 1 is 1.09 bits per heavy atom. The van der Waals surface area contributed by atoms with Crippen molar-refractivity contribution >= 4 is 53.8 Å². The Morgan fingerprint density at radius 3 is 2.51 bits per heavy atom. The first kappa shape index (κ1) is 24.8. The van der Waals surface area contributed by atoms with E-state index in [0.29, 0.717) is 22.9 Å². The lowest BCUT2D eigenvalue weighted by atomic mass is 10.2. The molecule has 2 heterocycles. The van der Waals surface area contributed by atoms with Crippen molar-refractivity contribution in [1.82, 2.24) is 4.98 Å². The molecule has 0 fully saturated rings. The lowest BCUT2D eigenvalue weighted by molar-refractivity contribution is -0.116. The molecular weight excluding hydrogens is 516 g/mol. The van der Waals surface area contributed by atoms with Crippen molar-refractivity contribution in [2.24, 2.45) is 0 Å². The molecule has 0 spiro atoms. The van der Waals surface area contributed by atoms with Gasteiger partial charge in [-0.3, -0.25) is 13.8 Å². The highest BCUT2D eigenvalue weighted by molar-refractivity contribution is 7.93. The standard InChI is InChI=1S/C21H22N4O7S3/c1-34(27,28)25(16-6-9-18-19(13-16)32-14-31-18)11-2-3-20(26)23-15-4-7-17(8-5-15)35(29,30)24-21-22-10-12-33-21/h4-10,12-13H,2-3,11,14H2,1H3,(H,22,24)(H,23,26). The van der Waals surface area contributed by atoms with E-state index in [1.54, 1.807) is 23.6 Å². The number of carbonyl (C=O) groups is 1. The van der Waals surface area contributed by atoms with Crippen LogP contribution in [0.5, 0.6) is 11.5 Å². The number of fused-ring (bicyclic) bond motifs is 1. The van der Waals surface area contributed by atoms with Crippen molar-refractivity contribution in [3.8, 4) is 11.5 Å². The van der Waals surface area contributed by atoms with Gasteiger partial charge in [0.05, 0.1) is 16.8 Å². The molecule has 3 aromatic rings. The van der Waals surface area contributed by atoms with Crippen molar-refractivity contribution in [2.75, 3.05) is 33.9 Å². The van der Waals surface area contributed by atoms with E-state index >= 15 is 0 Å². The van der Waals surface area contributed by atoms with Gasteiger partial charge >= 0.3 is 0 Å². The number of sulfonamides is 2. The second kappa shape index (κ2) is 10.1. The monoisotopic (exact) mass is 538 g/mol. The number of ether oxygens (including phenoxy) is 2.